The summed E-state index contributed by atoms with van der Waals surface area (Å²) < 4.78 is 6.84. The Balaban J connectivity index is 1.73. The van der Waals surface area contributed by atoms with Gasteiger partial charge in [0.25, 0.3) is 0 Å². The van der Waals surface area contributed by atoms with Gasteiger partial charge in [0.1, 0.15) is 0 Å². The average molecular weight is 321 g/mol. The van der Waals surface area contributed by atoms with Crippen LogP contribution in [0, 0.1) is 0 Å². The Morgan fingerprint density at radius 1 is 1.24 bits per heavy atom. The lowest BCUT2D eigenvalue weighted by Crippen LogP contribution is -2.15. The van der Waals surface area contributed by atoms with E-state index >= 15 is 0 Å². The molecule has 21 heavy (non-hydrogen) atoms. The van der Waals surface area contributed by atoms with Gasteiger partial charge in [-0.25, -0.2) is 4.79 Å². The fourth-order valence-electron chi connectivity index (χ4n) is 2.08. The molecule has 0 spiro atoms. The highest BCUT2D eigenvalue weighted by atomic mass is 35.5. The summed E-state index contributed by atoms with van der Waals surface area (Å²) in [5.41, 5.74) is 7.68. The number of hydrogen-bond acceptors (Lipinski definition) is 4. The second-order valence-corrected chi connectivity index (χ2v) is 6.09. The van der Waals surface area contributed by atoms with Crippen molar-refractivity contribution in [1.82, 2.24) is 4.57 Å². The van der Waals surface area contributed by atoms with E-state index in [1.54, 1.807) is 28.5 Å². The molecule has 0 aliphatic rings. The summed E-state index contributed by atoms with van der Waals surface area (Å²) in [6.07, 6.45) is 0. The molecule has 0 atom stereocenters. The van der Waals surface area contributed by atoms with Gasteiger partial charge in [-0.2, -0.15) is 0 Å². The summed E-state index contributed by atoms with van der Waals surface area (Å²) in [4.78, 5) is 12.9. The van der Waals surface area contributed by atoms with Crippen LogP contribution in [0.5, 0.6) is 0 Å². The number of benzene rings is 2. The molecule has 1 heterocycles. The molecule has 0 unspecified atom stereocenters. The third kappa shape index (κ3) is 2.94. The van der Waals surface area contributed by atoms with E-state index in [2.05, 4.69) is 0 Å². The molecule has 4 nitrogen and oxygen atoms in total. The topological polar surface area (TPSA) is 61.2 Å². The van der Waals surface area contributed by atoms with Crippen LogP contribution in [0.15, 0.2) is 56.6 Å². The number of halogens is 1. The first-order chi connectivity index (χ1) is 10.1. The molecule has 2 aromatic carbocycles. The maximum absolute atomic E-state index is 11.8. The second kappa shape index (κ2) is 5.87. The first-order valence-corrected chi connectivity index (χ1v) is 7.78. The third-order valence-electron chi connectivity index (χ3n) is 3.13. The SMILES string of the molecule is Nc1ccc(SCCn2c(=O)oc3ccccc32)cc1Cl. The second-order valence-electron chi connectivity index (χ2n) is 4.52. The number of nitrogen functional groups attached to an aromatic ring is 1. The molecule has 1 aromatic heterocycles. The van der Waals surface area contributed by atoms with E-state index in [0.717, 1.165) is 16.2 Å². The van der Waals surface area contributed by atoms with E-state index in [1.807, 2.05) is 30.3 Å². The van der Waals surface area contributed by atoms with Gasteiger partial charge in [0.05, 0.1) is 16.2 Å². The number of para-hydroxylation sites is 2. The van der Waals surface area contributed by atoms with Gasteiger partial charge in [-0.1, -0.05) is 23.7 Å². The number of fused-ring (bicyclic) bond motifs is 1. The van der Waals surface area contributed by atoms with Gasteiger partial charge in [0.2, 0.25) is 0 Å². The molecule has 108 valence electrons. The number of aryl methyl sites for hydroxylation is 1. The van der Waals surface area contributed by atoms with Crippen molar-refractivity contribution in [3.05, 3.63) is 58.0 Å². The lowest BCUT2D eigenvalue weighted by molar-refractivity contribution is 0.514. The zero-order chi connectivity index (χ0) is 14.8. The lowest BCUT2D eigenvalue weighted by atomic mass is 10.3. The van der Waals surface area contributed by atoms with Gasteiger partial charge in [-0.3, -0.25) is 4.57 Å². The van der Waals surface area contributed by atoms with Gasteiger partial charge < -0.3 is 10.2 Å². The van der Waals surface area contributed by atoms with Crippen LogP contribution >= 0.6 is 23.4 Å². The quantitative estimate of drug-likeness (QED) is 0.589. The van der Waals surface area contributed by atoms with Crippen LogP contribution in [0.25, 0.3) is 11.1 Å². The zero-order valence-corrected chi connectivity index (χ0v) is 12.7. The van der Waals surface area contributed by atoms with E-state index < -0.39 is 0 Å². The Labute approximate surface area is 130 Å². The molecule has 0 fully saturated rings. The molecule has 3 aromatic rings. The summed E-state index contributed by atoms with van der Waals surface area (Å²) in [6.45, 7) is 0.572. The summed E-state index contributed by atoms with van der Waals surface area (Å²) in [6, 6.07) is 12.9. The Hall–Kier alpha value is -1.85. The largest absolute Gasteiger partial charge is 0.419 e. The van der Waals surface area contributed by atoms with Gasteiger partial charge >= 0.3 is 5.76 Å². The highest BCUT2D eigenvalue weighted by molar-refractivity contribution is 7.99. The smallest absolute Gasteiger partial charge is 0.408 e. The molecule has 0 saturated carbocycles. The van der Waals surface area contributed by atoms with Crippen molar-refractivity contribution < 1.29 is 4.42 Å². The average Bonchev–Trinajstić information content (AvgIpc) is 2.79. The molecule has 0 radical (unpaired) electrons. The standard InChI is InChI=1S/C15H13ClN2O2S/c16-11-9-10(5-6-12(11)17)21-8-7-18-13-3-1-2-4-14(13)20-15(18)19/h1-6,9H,7-8,17H2. The van der Waals surface area contributed by atoms with Crippen molar-refractivity contribution in [3.63, 3.8) is 0 Å². The van der Waals surface area contributed by atoms with E-state index in [-0.39, 0.29) is 5.76 Å². The van der Waals surface area contributed by atoms with E-state index in [4.69, 9.17) is 21.8 Å². The molecule has 0 aliphatic carbocycles. The summed E-state index contributed by atoms with van der Waals surface area (Å²) in [5, 5.41) is 0.547. The van der Waals surface area contributed by atoms with Crippen molar-refractivity contribution in [1.29, 1.82) is 0 Å². The number of nitrogens with zero attached hydrogens (tertiary/aromatic N) is 1. The Bertz CT molecular complexity index is 841. The van der Waals surface area contributed by atoms with Crippen LogP contribution in [0.3, 0.4) is 0 Å². The fourth-order valence-corrected chi connectivity index (χ4v) is 3.20. The minimum absolute atomic E-state index is 0.327. The Morgan fingerprint density at radius 2 is 2.05 bits per heavy atom. The first-order valence-electron chi connectivity index (χ1n) is 6.41. The van der Waals surface area contributed by atoms with Gasteiger partial charge in [0.15, 0.2) is 5.58 Å². The van der Waals surface area contributed by atoms with Crippen molar-refractivity contribution in [2.24, 2.45) is 0 Å². The first kappa shape index (κ1) is 14.1. The highest BCUT2D eigenvalue weighted by Crippen LogP contribution is 2.26. The minimum Gasteiger partial charge on any atom is -0.408 e. The van der Waals surface area contributed by atoms with Crippen molar-refractivity contribution in [2.45, 2.75) is 11.4 Å². The van der Waals surface area contributed by atoms with Crippen LogP contribution < -0.4 is 11.5 Å². The zero-order valence-electron chi connectivity index (χ0n) is 11.1. The van der Waals surface area contributed by atoms with Crippen LogP contribution in [-0.2, 0) is 6.54 Å². The van der Waals surface area contributed by atoms with Crippen LogP contribution in [0.1, 0.15) is 0 Å². The van der Waals surface area contributed by atoms with Crippen LogP contribution in [0.4, 0.5) is 5.69 Å². The van der Waals surface area contributed by atoms with Crippen molar-refractivity contribution >= 4 is 40.1 Å². The van der Waals surface area contributed by atoms with Crippen LogP contribution in [-0.4, -0.2) is 10.3 Å². The molecule has 0 amide bonds. The van der Waals surface area contributed by atoms with Crippen LogP contribution in [0.2, 0.25) is 5.02 Å². The number of aromatic nitrogens is 1. The molecule has 0 saturated heterocycles. The molecule has 3 rings (SSSR count). The normalized spacial score (nSPS) is 11.1. The number of nitrogens with two attached hydrogens (primary N) is 1. The Morgan fingerprint density at radius 3 is 2.86 bits per heavy atom. The highest BCUT2D eigenvalue weighted by Gasteiger charge is 2.08. The van der Waals surface area contributed by atoms with Gasteiger partial charge in [-0.05, 0) is 30.3 Å². The monoisotopic (exact) mass is 320 g/mol. The molecule has 6 heteroatoms. The Kier molecular flexibility index (Phi) is 3.94. The molecule has 0 aliphatic heterocycles. The summed E-state index contributed by atoms with van der Waals surface area (Å²) in [7, 11) is 0. The van der Waals surface area contributed by atoms with Gasteiger partial charge in [0, 0.05) is 17.2 Å². The molecular weight excluding hydrogens is 308 g/mol. The molecule has 0 bridgehead atoms. The fraction of sp³-hybridized carbons (Fsp3) is 0.133. The van der Waals surface area contributed by atoms with E-state index in [1.165, 1.54) is 0 Å². The number of rotatable bonds is 4. The third-order valence-corrected chi connectivity index (χ3v) is 4.43. The van der Waals surface area contributed by atoms with E-state index in [9.17, 15) is 4.79 Å². The maximum atomic E-state index is 11.8. The number of anilines is 1. The predicted octanol–water partition coefficient (Wildman–Crippen LogP) is 3.62. The van der Waals surface area contributed by atoms with Crippen molar-refractivity contribution in [2.75, 3.05) is 11.5 Å². The van der Waals surface area contributed by atoms with Gasteiger partial charge in [-0.15, -0.1) is 11.8 Å². The summed E-state index contributed by atoms with van der Waals surface area (Å²) in [5.74, 6) is 0.413. The van der Waals surface area contributed by atoms with E-state index in [0.29, 0.717) is 22.8 Å². The minimum atomic E-state index is -0.327. The number of hydrogen-bond donors (Lipinski definition) is 1. The number of oxazole rings is 1. The molecule has 2 N–H and O–H groups in total. The summed E-state index contributed by atoms with van der Waals surface area (Å²) >= 11 is 7.60. The predicted molar refractivity (Wildman–Crippen MR) is 87.1 cm³/mol. The number of thioether (sulfide) groups is 1. The maximum Gasteiger partial charge on any atom is 0.419 e. The molecular formula is C15H13ClN2O2S. The lowest BCUT2D eigenvalue weighted by Gasteiger charge is -2.04. The van der Waals surface area contributed by atoms with Crippen molar-refractivity contribution in [3.8, 4) is 0 Å².